The molecule has 0 fully saturated rings. The summed E-state index contributed by atoms with van der Waals surface area (Å²) >= 11 is 3.23. The van der Waals surface area contributed by atoms with Crippen LogP contribution in [-0.4, -0.2) is 4.92 Å². The third kappa shape index (κ3) is 3.17. The Morgan fingerprint density at radius 1 is 1.33 bits per heavy atom. The van der Waals surface area contributed by atoms with Crippen molar-refractivity contribution >= 4 is 21.6 Å². The quantitative estimate of drug-likeness (QED) is 0.604. The van der Waals surface area contributed by atoms with Gasteiger partial charge in [0.25, 0.3) is 5.69 Å². The number of benzene rings is 2. The van der Waals surface area contributed by atoms with Crippen LogP contribution in [0.5, 0.6) is 11.5 Å². The minimum Gasteiger partial charge on any atom is -0.453 e. The number of aryl methyl sites for hydroxylation is 1. The van der Waals surface area contributed by atoms with E-state index in [0.29, 0.717) is 4.47 Å². The van der Waals surface area contributed by atoms with Crippen LogP contribution in [0.4, 0.5) is 10.1 Å². The van der Waals surface area contributed by atoms with Gasteiger partial charge in [-0.25, -0.2) is 4.39 Å². The number of rotatable bonds is 3. The van der Waals surface area contributed by atoms with E-state index in [-0.39, 0.29) is 28.3 Å². The molecular weight excluding hydrogens is 343 g/mol. The second-order valence-corrected chi connectivity index (χ2v) is 5.10. The van der Waals surface area contributed by atoms with Crippen molar-refractivity contribution in [3.05, 3.63) is 61.9 Å². The van der Waals surface area contributed by atoms with Crippen LogP contribution in [0, 0.1) is 34.2 Å². The van der Waals surface area contributed by atoms with Crippen molar-refractivity contribution in [3.8, 4) is 17.6 Å². The summed E-state index contributed by atoms with van der Waals surface area (Å²) in [5, 5.41) is 19.7. The van der Waals surface area contributed by atoms with Crippen LogP contribution < -0.4 is 4.74 Å². The highest BCUT2D eigenvalue weighted by Crippen LogP contribution is 2.33. The largest absolute Gasteiger partial charge is 0.453 e. The van der Waals surface area contributed by atoms with Crippen molar-refractivity contribution in [3.63, 3.8) is 0 Å². The average molecular weight is 351 g/mol. The van der Waals surface area contributed by atoms with E-state index in [2.05, 4.69) is 15.9 Å². The number of hydrogen-bond donors (Lipinski definition) is 0. The first-order valence-corrected chi connectivity index (χ1v) is 6.53. The molecule has 0 aromatic heterocycles. The van der Waals surface area contributed by atoms with Gasteiger partial charge in [0.1, 0.15) is 11.8 Å². The highest BCUT2D eigenvalue weighted by Gasteiger charge is 2.17. The van der Waals surface area contributed by atoms with Crippen LogP contribution in [0.1, 0.15) is 11.1 Å². The zero-order valence-corrected chi connectivity index (χ0v) is 12.3. The molecule has 0 aliphatic rings. The van der Waals surface area contributed by atoms with Crippen LogP contribution >= 0.6 is 15.9 Å². The molecule has 106 valence electrons. The molecule has 0 N–H and O–H groups in total. The van der Waals surface area contributed by atoms with Crippen molar-refractivity contribution in [1.29, 1.82) is 5.26 Å². The summed E-state index contributed by atoms with van der Waals surface area (Å²) in [6, 6.07) is 8.66. The number of halogens is 2. The first kappa shape index (κ1) is 14.9. The van der Waals surface area contributed by atoms with E-state index in [1.165, 1.54) is 25.1 Å². The third-order valence-electron chi connectivity index (χ3n) is 2.73. The summed E-state index contributed by atoms with van der Waals surface area (Å²) in [4.78, 5) is 10.1. The lowest BCUT2D eigenvalue weighted by Gasteiger charge is -2.09. The van der Waals surface area contributed by atoms with Crippen molar-refractivity contribution in [2.75, 3.05) is 0 Å². The van der Waals surface area contributed by atoms with Gasteiger partial charge in [0.2, 0.25) is 0 Å². The molecule has 5 nitrogen and oxygen atoms in total. The molecule has 2 aromatic rings. The van der Waals surface area contributed by atoms with E-state index in [4.69, 9.17) is 10.00 Å². The lowest BCUT2D eigenvalue weighted by atomic mass is 10.2. The van der Waals surface area contributed by atoms with Gasteiger partial charge in [-0.1, -0.05) is 15.9 Å². The molecule has 0 saturated heterocycles. The molecule has 0 atom stereocenters. The van der Waals surface area contributed by atoms with Gasteiger partial charge in [-0.2, -0.15) is 5.26 Å². The van der Waals surface area contributed by atoms with Gasteiger partial charge in [-0.05, 0) is 31.2 Å². The molecule has 0 unspecified atom stereocenters. The lowest BCUT2D eigenvalue weighted by Crippen LogP contribution is -1.96. The lowest BCUT2D eigenvalue weighted by molar-refractivity contribution is -0.385. The molecule has 7 heteroatoms. The third-order valence-corrected chi connectivity index (χ3v) is 3.22. The van der Waals surface area contributed by atoms with Gasteiger partial charge >= 0.3 is 0 Å². The number of hydrogen-bond acceptors (Lipinski definition) is 4. The Kier molecular flexibility index (Phi) is 4.19. The maximum absolute atomic E-state index is 13.9. The standard InChI is InChI=1S/C14H8BrFN2O3/c1-8-4-14(11(16)6-12(8)18(19)20)21-13-5-10(15)3-2-9(13)7-17/h2-6H,1H3. The Morgan fingerprint density at radius 3 is 2.67 bits per heavy atom. The van der Waals surface area contributed by atoms with Crippen LogP contribution in [-0.2, 0) is 0 Å². The minimum absolute atomic E-state index is 0.166. The Morgan fingerprint density at radius 2 is 2.05 bits per heavy atom. The Hall–Kier alpha value is -2.46. The predicted molar refractivity (Wildman–Crippen MR) is 76.7 cm³/mol. The van der Waals surface area contributed by atoms with E-state index in [0.717, 1.165) is 6.07 Å². The van der Waals surface area contributed by atoms with Gasteiger partial charge in [0.05, 0.1) is 16.6 Å². The second kappa shape index (κ2) is 5.89. The van der Waals surface area contributed by atoms with E-state index < -0.39 is 10.7 Å². The topological polar surface area (TPSA) is 76.2 Å². The summed E-state index contributed by atoms with van der Waals surface area (Å²) < 4.78 is 19.9. The first-order chi connectivity index (χ1) is 9.92. The maximum Gasteiger partial charge on any atom is 0.275 e. The summed E-state index contributed by atoms with van der Waals surface area (Å²) in [6.45, 7) is 1.48. The molecule has 0 saturated carbocycles. The van der Waals surface area contributed by atoms with Crippen LogP contribution in [0.25, 0.3) is 0 Å². The molecule has 0 radical (unpaired) electrons. The van der Waals surface area contributed by atoms with Crippen molar-refractivity contribution in [1.82, 2.24) is 0 Å². The number of nitriles is 1. The van der Waals surface area contributed by atoms with Crippen molar-refractivity contribution in [2.24, 2.45) is 0 Å². The highest BCUT2D eigenvalue weighted by atomic mass is 79.9. The van der Waals surface area contributed by atoms with E-state index in [9.17, 15) is 14.5 Å². The Balaban J connectivity index is 2.46. The predicted octanol–water partition coefficient (Wildman–Crippen LogP) is 4.47. The molecule has 0 heterocycles. The molecule has 2 rings (SSSR count). The molecule has 0 aliphatic carbocycles. The van der Waals surface area contributed by atoms with Gasteiger partial charge in [-0.3, -0.25) is 10.1 Å². The smallest absolute Gasteiger partial charge is 0.275 e. The van der Waals surface area contributed by atoms with Gasteiger partial charge in [0.15, 0.2) is 11.6 Å². The fraction of sp³-hybridized carbons (Fsp3) is 0.0714. The molecule has 21 heavy (non-hydrogen) atoms. The van der Waals surface area contributed by atoms with E-state index in [1.807, 2.05) is 6.07 Å². The normalized spacial score (nSPS) is 10.0. The molecular formula is C14H8BrFN2O3. The van der Waals surface area contributed by atoms with Gasteiger partial charge in [0, 0.05) is 10.0 Å². The Labute approximate surface area is 127 Å². The maximum atomic E-state index is 13.9. The molecule has 2 aromatic carbocycles. The zero-order valence-electron chi connectivity index (χ0n) is 10.8. The van der Waals surface area contributed by atoms with Gasteiger partial charge < -0.3 is 4.74 Å². The molecule has 0 bridgehead atoms. The average Bonchev–Trinajstić information content (AvgIpc) is 2.42. The van der Waals surface area contributed by atoms with Crippen molar-refractivity contribution < 1.29 is 14.1 Å². The molecule has 0 spiro atoms. The molecule has 0 amide bonds. The van der Waals surface area contributed by atoms with Crippen LogP contribution in [0.15, 0.2) is 34.8 Å². The number of nitrogens with zero attached hydrogens (tertiary/aromatic N) is 2. The SMILES string of the molecule is Cc1cc(Oc2cc(Br)ccc2C#N)c(F)cc1[N+](=O)[O-]. The fourth-order valence-corrected chi connectivity index (χ4v) is 2.05. The van der Waals surface area contributed by atoms with Crippen LogP contribution in [0.2, 0.25) is 0 Å². The summed E-state index contributed by atoms with van der Waals surface area (Å²) in [7, 11) is 0. The number of ether oxygens (including phenoxy) is 1. The highest BCUT2D eigenvalue weighted by molar-refractivity contribution is 9.10. The van der Waals surface area contributed by atoms with E-state index >= 15 is 0 Å². The summed E-state index contributed by atoms with van der Waals surface area (Å²) in [6.07, 6.45) is 0. The Bertz CT molecular complexity index is 772. The van der Waals surface area contributed by atoms with Crippen LogP contribution in [0.3, 0.4) is 0 Å². The minimum atomic E-state index is -0.865. The molecule has 0 aliphatic heterocycles. The monoisotopic (exact) mass is 350 g/mol. The fourth-order valence-electron chi connectivity index (χ4n) is 1.71. The van der Waals surface area contributed by atoms with E-state index in [1.54, 1.807) is 6.07 Å². The zero-order chi connectivity index (χ0) is 15.6. The first-order valence-electron chi connectivity index (χ1n) is 5.74. The number of nitro benzene ring substituents is 1. The van der Waals surface area contributed by atoms with Crippen molar-refractivity contribution in [2.45, 2.75) is 6.92 Å². The van der Waals surface area contributed by atoms with Gasteiger partial charge in [-0.15, -0.1) is 0 Å². The summed E-state index contributed by atoms with van der Waals surface area (Å²) in [5.74, 6) is -0.872. The summed E-state index contributed by atoms with van der Waals surface area (Å²) in [5.41, 5.74) is 0.174. The number of nitro groups is 1. The second-order valence-electron chi connectivity index (χ2n) is 4.18.